The van der Waals surface area contributed by atoms with E-state index in [1.807, 2.05) is 24.0 Å². The summed E-state index contributed by atoms with van der Waals surface area (Å²) in [5.41, 5.74) is 8.34. The van der Waals surface area contributed by atoms with Crippen molar-refractivity contribution in [3.8, 4) is 6.01 Å². The summed E-state index contributed by atoms with van der Waals surface area (Å²) in [7, 11) is 0. The maximum absolute atomic E-state index is 12.0. The predicted octanol–water partition coefficient (Wildman–Crippen LogP) is 1.90. The van der Waals surface area contributed by atoms with Gasteiger partial charge in [0.05, 0.1) is 25.4 Å². The minimum Gasteiger partial charge on any atom is -0.463 e. The lowest BCUT2D eigenvalue weighted by atomic mass is 10.2. The van der Waals surface area contributed by atoms with Crippen LogP contribution >= 0.6 is 0 Å². The first-order valence-electron chi connectivity index (χ1n) is 8.33. The average molecular weight is 342 g/mol. The summed E-state index contributed by atoms with van der Waals surface area (Å²) < 4.78 is 5.58. The number of fused-ring (bicyclic) bond motifs is 1. The Balaban J connectivity index is 1.88. The molecule has 3 N–H and O–H groups in total. The van der Waals surface area contributed by atoms with Gasteiger partial charge in [-0.15, -0.1) is 0 Å². The van der Waals surface area contributed by atoms with Gasteiger partial charge in [0, 0.05) is 6.20 Å². The second kappa shape index (κ2) is 7.33. The summed E-state index contributed by atoms with van der Waals surface area (Å²) in [5, 5.41) is 2.74. The van der Waals surface area contributed by atoms with Crippen LogP contribution in [0.3, 0.4) is 0 Å². The van der Waals surface area contributed by atoms with Crippen LogP contribution in [0, 0.1) is 6.92 Å². The highest BCUT2D eigenvalue weighted by molar-refractivity contribution is 6.03. The normalized spacial score (nSPS) is 13.4. The quantitative estimate of drug-likeness (QED) is 0.772. The molecule has 0 aliphatic carbocycles. The fourth-order valence-corrected chi connectivity index (χ4v) is 2.51. The molecule has 3 heterocycles. The Morgan fingerprint density at radius 2 is 2.20 bits per heavy atom. The molecule has 2 aromatic rings. The molecule has 0 atom stereocenters. The van der Waals surface area contributed by atoms with Crippen LogP contribution in [-0.4, -0.2) is 34.0 Å². The number of carbonyl (C=O) groups excluding carboxylic acids is 1. The zero-order valence-corrected chi connectivity index (χ0v) is 14.5. The molecule has 0 saturated carbocycles. The molecule has 8 nitrogen and oxygen atoms in total. The number of nitrogens with two attached hydrogens (primary N) is 1. The Morgan fingerprint density at radius 3 is 2.92 bits per heavy atom. The molecule has 0 unspecified atom stereocenters. The van der Waals surface area contributed by atoms with Crippen molar-refractivity contribution in [1.82, 2.24) is 15.0 Å². The van der Waals surface area contributed by atoms with Crippen molar-refractivity contribution in [2.75, 3.05) is 29.1 Å². The van der Waals surface area contributed by atoms with Gasteiger partial charge in [0.1, 0.15) is 5.69 Å². The summed E-state index contributed by atoms with van der Waals surface area (Å²) >= 11 is 0. The van der Waals surface area contributed by atoms with E-state index in [9.17, 15) is 4.79 Å². The molecule has 0 spiro atoms. The minimum absolute atomic E-state index is 0.158. The van der Waals surface area contributed by atoms with E-state index >= 15 is 0 Å². The van der Waals surface area contributed by atoms with Gasteiger partial charge in [-0.1, -0.05) is 19.4 Å². The first-order valence-corrected chi connectivity index (χ1v) is 8.33. The lowest BCUT2D eigenvalue weighted by Gasteiger charge is -2.30. The second-order valence-corrected chi connectivity index (χ2v) is 6.02. The number of rotatable bonds is 6. The number of aryl methyl sites for hydroxylation is 1. The van der Waals surface area contributed by atoms with Crippen LogP contribution in [0.5, 0.6) is 6.01 Å². The average Bonchev–Trinajstić information content (AvgIpc) is 2.58. The van der Waals surface area contributed by atoms with Crippen LogP contribution in [0.2, 0.25) is 0 Å². The molecule has 2 aromatic heterocycles. The number of hydrogen-bond acceptors (Lipinski definition) is 7. The number of hydrogen-bond donors (Lipinski definition) is 2. The van der Waals surface area contributed by atoms with E-state index in [4.69, 9.17) is 10.5 Å². The molecule has 8 heteroatoms. The number of pyridine rings is 1. The fourth-order valence-electron chi connectivity index (χ4n) is 2.51. The van der Waals surface area contributed by atoms with Gasteiger partial charge in [-0.2, -0.15) is 9.97 Å². The van der Waals surface area contributed by atoms with Gasteiger partial charge >= 0.3 is 6.01 Å². The number of nitrogens with one attached hydrogen (secondary N) is 1. The number of anilines is 3. The van der Waals surface area contributed by atoms with Crippen LogP contribution in [0.25, 0.3) is 0 Å². The molecule has 0 fully saturated rings. The Morgan fingerprint density at radius 1 is 1.36 bits per heavy atom. The van der Waals surface area contributed by atoms with Gasteiger partial charge in [-0.3, -0.25) is 9.78 Å². The van der Waals surface area contributed by atoms with Crippen LogP contribution in [-0.2, 0) is 11.3 Å². The third-order valence-electron chi connectivity index (χ3n) is 3.85. The van der Waals surface area contributed by atoms with Crippen molar-refractivity contribution in [3.63, 3.8) is 0 Å². The molecule has 1 aliphatic rings. The maximum atomic E-state index is 12.0. The highest BCUT2D eigenvalue weighted by Gasteiger charge is 2.27. The summed E-state index contributed by atoms with van der Waals surface area (Å²) in [5.74, 6) is 0.599. The fraction of sp³-hybridized carbons (Fsp3) is 0.412. The third-order valence-corrected chi connectivity index (χ3v) is 3.85. The van der Waals surface area contributed by atoms with Crippen molar-refractivity contribution >= 4 is 23.2 Å². The molecule has 1 amide bonds. The first kappa shape index (κ1) is 16.9. The number of nitrogens with zero attached hydrogens (tertiary/aromatic N) is 4. The Hall–Kier alpha value is -2.90. The lowest BCUT2D eigenvalue weighted by Crippen LogP contribution is -2.39. The molecular weight excluding hydrogens is 320 g/mol. The van der Waals surface area contributed by atoms with Crippen molar-refractivity contribution in [1.29, 1.82) is 0 Å². The lowest BCUT2D eigenvalue weighted by molar-refractivity contribution is -0.115. The molecule has 0 bridgehead atoms. The molecule has 0 radical (unpaired) electrons. The summed E-state index contributed by atoms with van der Waals surface area (Å²) in [6, 6.07) is 4.15. The molecule has 25 heavy (non-hydrogen) atoms. The number of unbranched alkanes of at least 4 members (excludes halogenated alkanes) is 1. The summed E-state index contributed by atoms with van der Waals surface area (Å²) in [4.78, 5) is 26.8. The zero-order valence-electron chi connectivity index (χ0n) is 14.5. The number of nitrogen functional groups attached to an aromatic ring is 1. The predicted molar refractivity (Wildman–Crippen MR) is 95.5 cm³/mol. The van der Waals surface area contributed by atoms with Crippen LogP contribution < -0.4 is 20.7 Å². The second-order valence-electron chi connectivity index (χ2n) is 6.02. The molecular formula is C17H22N6O2. The van der Waals surface area contributed by atoms with Crippen molar-refractivity contribution in [3.05, 3.63) is 29.6 Å². The van der Waals surface area contributed by atoms with Gasteiger partial charge in [0.25, 0.3) is 0 Å². The number of ether oxygens (including phenoxy) is 1. The smallest absolute Gasteiger partial charge is 0.320 e. The first-order chi connectivity index (χ1) is 12.1. The van der Waals surface area contributed by atoms with Crippen molar-refractivity contribution in [2.45, 2.75) is 33.2 Å². The molecule has 132 valence electrons. The van der Waals surface area contributed by atoms with E-state index < -0.39 is 0 Å². The van der Waals surface area contributed by atoms with E-state index in [-0.39, 0.29) is 24.3 Å². The van der Waals surface area contributed by atoms with E-state index in [2.05, 4.69) is 27.2 Å². The van der Waals surface area contributed by atoms with Crippen LogP contribution in [0.1, 0.15) is 31.0 Å². The standard InChI is InChI=1S/C17H22N6O2/c1-3-4-7-25-17-21-15(18)14-16(22-17)23(10-13(24)20-14)9-12-6-5-11(2)8-19-12/h5-6,8H,3-4,7,9-10H2,1-2H3,(H,20,24)(H2,18,21,22). The van der Waals surface area contributed by atoms with E-state index in [0.29, 0.717) is 24.7 Å². The molecule has 1 aliphatic heterocycles. The largest absolute Gasteiger partial charge is 0.463 e. The van der Waals surface area contributed by atoms with Crippen molar-refractivity contribution < 1.29 is 9.53 Å². The van der Waals surface area contributed by atoms with Gasteiger partial charge in [0.2, 0.25) is 5.91 Å². The van der Waals surface area contributed by atoms with Crippen molar-refractivity contribution in [2.24, 2.45) is 0 Å². The molecule has 0 saturated heterocycles. The topological polar surface area (TPSA) is 106 Å². The van der Waals surface area contributed by atoms with Crippen LogP contribution in [0.15, 0.2) is 18.3 Å². The maximum Gasteiger partial charge on any atom is 0.320 e. The molecule has 3 rings (SSSR count). The minimum atomic E-state index is -0.158. The Kier molecular flexibility index (Phi) is 4.97. The highest BCUT2D eigenvalue weighted by Crippen LogP contribution is 2.34. The monoisotopic (exact) mass is 342 g/mol. The zero-order chi connectivity index (χ0) is 17.8. The number of aromatic nitrogens is 3. The highest BCUT2D eigenvalue weighted by atomic mass is 16.5. The Bertz CT molecular complexity index is 762. The summed E-state index contributed by atoms with van der Waals surface area (Å²) in [6.07, 6.45) is 3.73. The Labute approximate surface area is 146 Å². The van der Waals surface area contributed by atoms with Gasteiger partial charge in [-0.05, 0) is 25.0 Å². The number of amides is 1. The SMILES string of the molecule is CCCCOc1nc(N)c2c(n1)N(Cc1ccc(C)cn1)CC(=O)N2. The number of carbonyl (C=O) groups is 1. The van der Waals surface area contributed by atoms with Gasteiger partial charge in [-0.25, -0.2) is 0 Å². The van der Waals surface area contributed by atoms with Gasteiger partial charge < -0.3 is 20.7 Å². The van der Waals surface area contributed by atoms with E-state index in [0.717, 1.165) is 24.1 Å². The van der Waals surface area contributed by atoms with E-state index in [1.165, 1.54) is 0 Å². The summed E-state index contributed by atoms with van der Waals surface area (Å²) in [6.45, 7) is 5.21. The van der Waals surface area contributed by atoms with Crippen LogP contribution in [0.4, 0.5) is 17.3 Å². The van der Waals surface area contributed by atoms with E-state index in [1.54, 1.807) is 6.20 Å². The third kappa shape index (κ3) is 3.96. The van der Waals surface area contributed by atoms with Gasteiger partial charge in [0.15, 0.2) is 11.6 Å². The molecule has 0 aromatic carbocycles.